The van der Waals surface area contributed by atoms with Gasteiger partial charge in [0.15, 0.2) is 0 Å². The topological polar surface area (TPSA) is 64.4 Å². The van der Waals surface area contributed by atoms with Gasteiger partial charge >= 0.3 is 0 Å². The number of halogens is 1. The second kappa shape index (κ2) is 6.70. The average Bonchev–Trinajstić information content (AvgIpc) is 2.64. The summed E-state index contributed by atoms with van der Waals surface area (Å²) in [5, 5.41) is 15.1. The van der Waals surface area contributed by atoms with Gasteiger partial charge in [0.2, 0.25) is 5.78 Å². The smallest absolute Gasteiger partial charge is 0.213 e. The number of aliphatic hydroxyl groups is 1. The molecule has 20 heavy (non-hydrogen) atoms. The van der Waals surface area contributed by atoms with Crippen molar-refractivity contribution in [1.82, 2.24) is 9.78 Å². The van der Waals surface area contributed by atoms with Crippen molar-refractivity contribution < 1.29 is 14.6 Å². The molecule has 0 spiro atoms. The van der Waals surface area contributed by atoms with Gasteiger partial charge in [0.1, 0.15) is 11.3 Å². The molecular weight excluding hydrogens is 280 g/mol. The maximum atomic E-state index is 12.7. The van der Waals surface area contributed by atoms with Crippen LogP contribution in [0.25, 0.3) is 0 Å². The zero-order chi connectivity index (χ0) is 14.6. The quantitative estimate of drug-likeness (QED) is 0.670. The maximum absolute atomic E-state index is 12.7. The summed E-state index contributed by atoms with van der Waals surface area (Å²) < 4.78 is 6.53. The number of carbonyl (C=O) groups excluding carboxylic acids is 1. The number of carbonyl (C=O) groups is 1. The molecule has 1 heterocycles. The van der Waals surface area contributed by atoms with Crippen LogP contribution < -0.4 is 0 Å². The molecule has 0 aliphatic heterocycles. The van der Waals surface area contributed by atoms with Gasteiger partial charge < -0.3 is 9.84 Å². The fourth-order valence-corrected chi connectivity index (χ4v) is 2.92. The molecule has 0 amide bonds. The van der Waals surface area contributed by atoms with Crippen LogP contribution in [0.15, 0.2) is 6.20 Å². The summed E-state index contributed by atoms with van der Waals surface area (Å²) in [4.78, 5) is 12.7. The van der Waals surface area contributed by atoms with E-state index >= 15 is 0 Å². The SMILES string of the molecule is COCCn1ncc(Cl)c1C(=O)C1(O)CCCCCC1. The second-order valence-electron chi connectivity index (χ2n) is 5.33. The van der Waals surface area contributed by atoms with Gasteiger partial charge in [-0.2, -0.15) is 5.10 Å². The number of nitrogens with zero attached hydrogens (tertiary/aromatic N) is 2. The Kier molecular flexibility index (Phi) is 5.18. The fraction of sp³-hybridized carbons (Fsp3) is 0.714. The number of methoxy groups -OCH3 is 1. The van der Waals surface area contributed by atoms with Gasteiger partial charge in [-0.15, -0.1) is 0 Å². The summed E-state index contributed by atoms with van der Waals surface area (Å²) in [5.41, 5.74) is -1.00. The highest BCUT2D eigenvalue weighted by atomic mass is 35.5. The average molecular weight is 301 g/mol. The van der Waals surface area contributed by atoms with Crippen molar-refractivity contribution in [3.63, 3.8) is 0 Å². The zero-order valence-electron chi connectivity index (χ0n) is 11.8. The monoisotopic (exact) mass is 300 g/mol. The minimum Gasteiger partial charge on any atom is -0.383 e. The molecule has 1 aliphatic rings. The van der Waals surface area contributed by atoms with Gasteiger partial charge in [-0.05, 0) is 12.8 Å². The van der Waals surface area contributed by atoms with Gasteiger partial charge in [0, 0.05) is 7.11 Å². The number of rotatable bonds is 5. The highest BCUT2D eigenvalue weighted by molar-refractivity contribution is 6.34. The van der Waals surface area contributed by atoms with Crippen molar-refractivity contribution in [2.24, 2.45) is 0 Å². The first-order valence-electron chi connectivity index (χ1n) is 7.06. The molecule has 1 N–H and O–H groups in total. The summed E-state index contributed by atoms with van der Waals surface area (Å²) in [6, 6.07) is 0. The summed E-state index contributed by atoms with van der Waals surface area (Å²) in [6.45, 7) is 0.886. The van der Waals surface area contributed by atoms with Crippen molar-refractivity contribution in [3.05, 3.63) is 16.9 Å². The van der Waals surface area contributed by atoms with Crippen LogP contribution in [0.4, 0.5) is 0 Å². The Morgan fingerprint density at radius 1 is 1.45 bits per heavy atom. The Morgan fingerprint density at radius 3 is 2.70 bits per heavy atom. The van der Waals surface area contributed by atoms with Crippen LogP contribution in [0, 0.1) is 0 Å². The molecule has 0 radical (unpaired) electrons. The van der Waals surface area contributed by atoms with Crippen molar-refractivity contribution in [3.8, 4) is 0 Å². The third-order valence-corrected chi connectivity index (χ3v) is 4.15. The van der Waals surface area contributed by atoms with Crippen molar-refractivity contribution in [1.29, 1.82) is 0 Å². The van der Waals surface area contributed by atoms with Crippen LogP contribution in [-0.4, -0.2) is 40.0 Å². The summed E-state index contributed by atoms with van der Waals surface area (Å²) in [5.74, 6) is -0.307. The molecule has 1 saturated carbocycles. The highest BCUT2D eigenvalue weighted by Gasteiger charge is 2.39. The molecule has 5 nitrogen and oxygen atoms in total. The lowest BCUT2D eigenvalue weighted by molar-refractivity contribution is 0.0226. The van der Waals surface area contributed by atoms with Crippen LogP contribution in [0.5, 0.6) is 0 Å². The fourth-order valence-electron chi connectivity index (χ4n) is 2.70. The molecule has 2 rings (SSSR count). The number of hydrogen-bond donors (Lipinski definition) is 1. The molecule has 0 atom stereocenters. The molecule has 1 fully saturated rings. The number of Topliss-reactive ketones (excluding diaryl/α,β-unsaturated/α-hetero) is 1. The standard InChI is InChI=1S/C14H21ClN2O3/c1-20-9-8-17-12(11(15)10-16-17)13(18)14(19)6-4-2-3-5-7-14/h10,19H,2-9H2,1H3. The molecule has 1 aliphatic carbocycles. The third kappa shape index (κ3) is 3.22. The number of ether oxygens (including phenoxy) is 1. The Morgan fingerprint density at radius 2 is 2.10 bits per heavy atom. The van der Waals surface area contributed by atoms with E-state index in [1.165, 1.54) is 10.9 Å². The first-order chi connectivity index (χ1) is 9.58. The van der Waals surface area contributed by atoms with E-state index in [4.69, 9.17) is 16.3 Å². The van der Waals surface area contributed by atoms with Crippen LogP contribution in [-0.2, 0) is 11.3 Å². The number of ketones is 1. The molecule has 0 unspecified atom stereocenters. The predicted molar refractivity (Wildman–Crippen MR) is 76.1 cm³/mol. The summed E-state index contributed by atoms with van der Waals surface area (Å²) in [7, 11) is 1.59. The molecule has 0 saturated heterocycles. The highest BCUT2D eigenvalue weighted by Crippen LogP contribution is 2.32. The van der Waals surface area contributed by atoms with E-state index < -0.39 is 5.60 Å². The lowest BCUT2D eigenvalue weighted by Gasteiger charge is -2.25. The van der Waals surface area contributed by atoms with Gasteiger partial charge in [-0.3, -0.25) is 9.48 Å². The Bertz CT molecular complexity index is 465. The minimum absolute atomic E-state index is 0.295. The Labute approximate surface area is 123 Å². The van der Waals surface area contributed by atoms with Crippen LogP contribution in [0.2, 0.25) is 5.02 Å². The minimum atomic E-state index is -1.30. The van der Waals surface area contributed by atoms with Crippen LogP contribution in [0.3, 0.4) is 0 Å². The van der Waals surface area contributed by atoms with E-state index in [0.29, 0.717) is 36.7 Å². The van der Waals surface area contributed by atoms with E-state index in [-0.39, 0.29) is 5.78 Å². The van der Waals surface area contributed by atoms with Crippen molar-refractivity contribution in [2.45, 2.75) is 50.7 Å². The zero-order valence-corrected chi connectivity index (χ0v) is 12.5. The second-order valence-corrected chi connectivity index (χ2v) is 5.74. The van der Waals surface area contributed by atoms with Gasteiger partial charge in [-0.25, -0.2) is 0 Å². The first-order valence-corrected chi connectivity index (χ1v) is 7.44. The molecule has 0 bridgehead atoms. The van der Waals surface area contributed by atoms with Crippen molar-refractivity contribution >= 4 is 17.4 Å². The van der Waals surface area contributed by atoms with Gasteiger partial charge in [-0.1, -0.05) is 37.3 Å². The van der Waals surface area contributed by atoms with Crippen molar-refractivity contribution in [2.75, 3.05) is 13.7 Å². The lowest BCUT2D eigenvalue weighted by atomic mass is 9.88. The van der Waals surface area contributed by atoms with Gasteiger partial charge in [0.25, 0.3) is 0 Å². The van der Waals surface area contributed by atoms with E-state index in [9.17, 15) is 9.90 Å². The molecule has 0 aromatic carbocycles. The molecule has 1 aromatic heterocycles. The normalized spacial score (nSPS) is 18.8. The summed E-state index contributed by atoms with van der Waals surface area (Å²) in [6.07, 6.45) is 6.30. The van der Waals surface area contributed by atoms with E-state index in [1.54, 1.807) is 7.11 Å². The number of aromatic nitrogens is 2. The molecule has 1 aromatic rings. The summed E-state index contributed by atoms with van der Waals surface area (Å²) >= 11 is 6.08. The predicted octanol–water partition coefficient (Wildman–Crippen LogP) is 2.45. The molecular formula is C14H21ClN2O3. The number of hydrogen-bond acceptors (Lipinski definition) is 4. The maximum Gasteiger partial charge on any atom is 0.213 e. The molecule has 112 valence electrons. The third-order valence-electron chi connectivity index (χ3n) is 3.87. The van der Waals surface area contributed by atoms with Crippen LogP contribution in [0.1, 0.15) is 49.0 Å². The lowest BCUT2D eigenvalue weighted by Crippen LogP contribution is -2.39. The van der Waals surface area contributed by atoms with Crippen LogP contribution >= 0.6 is 11.6 Å². The molecule has 6 heteroatoms. The Hall–Kier alpha value is -0.910. The first kappa shape index (κ1) is 15.5. The van der Waals surface area contributed by atoms with E-state index in [2.05, 4.69) is 5.10 Å². The Balaban J connectivity index is 2.25. The largest absolute Gasteiger partial charge is 0.383 e. The van der Waals surface area contributed by atoms with Gasteiger partial charge in [0.05, 0.1) is 24.4 Å². The van der Waals surface area contributed by atoms with E-state index in [0.717, 1.165) is 25.7 Å². The van der Waals surface area contributed by atoms with E-state index in [1.807, 2.05) is 0 Å².